The number of carbonyl (C=O) groups is 1. The van der Waals surface area contributed by atoms with Gasteiger partial charge in [-0.2, -0.15) is 0 Å². The minimum absolute atomic E-state index is 0.112. The molecule has 2 rings (SSSR count). The molecule has 24 heavy (non-hydrogen) atoms. The molecule has 1 aliphatic heterocycles. The fourth-order valence-electron chi connectivity index (χ4n) is 2.59. The zero-order valence-corrected chi connectivity index (χ0v) is 16.0. The molecule has 0 aromatic carbocycles. The third-order valence-corrected chi connectivity index (χ3v) is 4.40. The molecule has 0 saturated carbocycles. The van der Waals surface area contributed by atoms with Crippen molar-refractivity contribution in [1.82, 2.24) is 34.9 Å². The third kappa shape index (κ3) is 5.09. The second kappa shape index (κ2) is 8.17. The number of nitrogens with one attached hydrogen (secondary N) is 1. The summed E-state index contributed by atoms with van der Waals surface area (Å²) in [7, 11) is 0. The van der Waals surface area contributed by atoms with E-state index in [9.17, 15) is 4.79 Å². The van der Waals surface area contributed by atoms with E-state index in [1.165, 1.54) is 0 Å². The Kier molecular flexibility index (Phi) is 6.47. The Morgan fingerprint density at radius 3 is 2.33 bits per heavy atom. The van der Waals surface area contributed by atoms with Crippen molar-refractivity contribution in [3.8, 4) is 0 Å². The van der Waals surface area contributed by atoms with Gasteiger partial charge in [0, 0.05) is 32.7 Å². The first-order chi connectivity index (χ1) is 11.3. The monoisotopic (exact) mass is 355 g/mol. The number of tetrazole rings is 1. The van der Waals surface area contributed by atoms with Crippen molar-refractivity contribution in [1.29, 1.82) is 0 Å². The van der Waals surface area contributed by atoms with Crippen molar-refractivity contribution >= 4 is 18.1 Å². The van der Waals surface area contributed by atoms with E-state index >= 15 is 0 Å². The van der Waals surface area contributed by atoms with E-state index in [1.54, 1.807) is 9.36 Å². The molecule has 136 valence electrons. The molecule has 0 bridgehead atoms. The van der Waals surface area contributed by atoms with Gasteiger partial charge in [0.15, 0.2) is 0 Å². The highest BCUT2D eigenvalue weighted by Crippen LogP contribution is 2.12. The lowest BCUT2D eigenvalue weighted by Gasteiger charge is -2.33. The first kappa shape index (κ1) is 19.0. The lowest BCUT2D eigenvalue weighted by molar-refractivity contribution is -0.122. The second-order valence-electron chi connectivity index (χ2n) is 7.23. The second-order valence-corrected chi connectivity index (χ2v) is 7.59. The van der Waals surface area contributed by atoms with Gasteiger partial charge in [-0.1, -0.05) is 6.92 Å². The number of aromatic nitrogens is 4. The maximum Gasteiger partial charge on any atom is 0.234 e. The molecule has 8 nitrogen and oxygen atoms in total. The molecule has 1 aliphatic rings. The fourth-order valence-corrected chi connectivity index (χ4v) is 2.99. The smallest absolute Gasteiger partial charge is 0.234 e. The summed E-state index contributed by atoms with van der Waals surface area (Å²) >= 11 is 5.47. The summed E-state index contributed by atoms with van der Waals surface area (Å²) in [6, 6.07) is 0. The fraction of sp³-hybridized carbons (Fsp3) is 0.867. The molecule has 1 fully saturated rings. The van der Waals surface area contributed by atoms with E-state index in [-0.39, 0.29) is 11.4 Å². The molecule has 0 atom stereocenters. The summed E-state index contributed by atoms with van der Waals surface area (Å²) in [5.74, 6) is 0.112. The minimum Gasteiger partial charge on any atom is -0.355 e. The summed E-state index contributed by atoms with van der Waals surface area (Å²) in [6.45, 7) is 13.6. The van der Waals surface area contributed by atoms with Crippen LogP contribution in [0.4, 0.5) is 0 Å². The minimum atomic E-state index is -0.167. The van der Waals surface area contributed by atoms with Crippen molar-refractivity contribution in [2.75, 3.05) is 39.3 Å². The number of rotatable bonds is 6. The molecule has 1 amide bonds. The Hall–Kier alpha value is -1.32. The Bertz CT molecular complexity index is 596. The quantitative estimate of drug-likeness (QED) is 0.756. The van der Waals surface area contributed by atoms with Crippen LogP contribution in [0, 0.1) is 4.77 Å². The molecule has 0 spiro atoms. The van der Waals surface area contributed by atoms with Gasteiger partial charge in [0.2, 0.25) is 10.7 Å². The summed E-state index contributed by atoms with van der Waals surface area (Å²) < 4.78 is 4.18. The van der Waals surface area contributed by atoms with Gasteiger partial charge in [0.05, 0.1) is 18.8 Å². The Balaban J connectivity index is 1.82. The predicted molar refractivity (Wildman–Crippen MR) is 95.2 cm³/mol. The van der Waals surface area contributed by atoms with Gasteiger partial charge in [-0.3, -0.25) is 14.6 Å². The zero-order chi connectivity index (χ0) is 17.7. The predicted octanol–water partition coefficient (Wildman–Crippen LogP) is 0.665. The van der Waals surface area contributed by atoms with E-state index in [1.807, 2.05) is 0 Å². The van der Waals surface area contributed by atoms with E-state index in [2.05, 4.69) is 53.2 Å². The Labute approximate surface area is 148 Å². The maximum atomic E-state index is 11.8. The van der Waals surface area contributed by atoms with Crippen LogP contribution in [-0.4, -0.2) is 74.8 Å². The summed E-state index contributed by atoms with van der Waals surface area (Å²) in [5.41, 5.74) is -0.167. The number of carbonyl (C=O) groups excluding carboxylic acids is 1. The zero-order valence-electron chi connectivity index (χ0n) is 15.2. The van der Waals surface area contributed by atoms with Gasteiger partial charge in [-0.25, -0.2) is 9.36 Å². The highest BCUT2D eigenvalue weighted by molar-refractivity contribution is 7.71. The van der Waals surface area contributed by atoms with Gasteiger partial charge in [0.1, 0.15) is 0 Å². The normalized spacial score (nSPS) is 17.2. The highest BCUT2D eigenvalue weighted by atomic mass is 32.1. The van der Waals surface area contributed by atoms with Crippen LogP contribution >= 0.6 is 12.2 Å². The standard InChI is InChI=1S/C15H29N7OS/c1-5-6-16-13(23)11-19-7-9-20(10-8-19)12-21-14(24)22(18-17-21)15(2,3)4/h5-12H2,1-4H3,(H,16,23). The molecular formula is C15H29N7OS. The van der Waals surface area contributed by atoms with E-state index < -0.39 is 0 Å². The largest absolute Gasteiger partial charge is 0.355 e. The van der Waals surface area contributed by atoms with Gasteiger partial charge < -0.3 is 5.32 Å². The maximum absolute atomic E-state index is 11.8. The van der Waals surface area contributed by atoms with Crippen LogP contribution < -0.4 is 5.32 Å². The SMILES string of the molecule is CCCNC(=O)CN1CCN(Cn2nnn(C(C)(C)C)c2=S)CC1. The van der Waals surface area contributed by atoms with Crippen molar-refractivity contribution < 1.29 is 4.79 Å². The highest BCUT2D eigenvalue weighted by Gasteiger charge is 2.21. The molecule has 1 aromatic heterocycles. The van der Waals surface area contributed by atoms with Crippen LogP contribution in [-0.2, 0) is 17.0 Å². The van der Waals surface area contributed by atoms with Gasteiger partial charge in [-0.15, -0.1) is 0 Å². The number of hydrogen-bond donors (Lipinski definition) is 1. The first-order valence-electron chi connectivity index (χ1n) is 8.56. The van der Waals surface area contributed by atoms with Gasteiger partial charge in [0.25, 0.3) is 0 Å². The van der Waals surface area contributed by atoms with Crippen LogP contribution in [0.5, 0.6) is 0 Å². The number of hydrogen-bond acceptors (Lipinski definition) is 6. The van der Waals surface area contributed by atoms with E-state index in [0.29, 0.717) is 18.0 Å². The summed E-state index contributed by atoms with van der Waals surface area (Å²) in [4.78, 5) is 16.3. The molecule has 2 heterocycles. The summed E-state index contributed by atoms with van der Waals surface area (Å²) in [6.07, 6.45) is 0.968. The molecule has 1 aromatic rings. The van der Waals surface area contributed by atoms with Crippen LogP contribution in [0.15, 0.2) is 0 Å². The van der Waals surface area contributed by atoms with Crippen LogP contribution in [0.25, 0.3) is 0 Å². The van der Waals surface area contributed by atoms with Crippen LogP contribution in [0.1, 0.15) is 34.1 Å². The van der Waals surface area contributed by atoms with Crippen molar-refractivity contribution in [3.05, 3.63) is 4.77 Å². The molecule has 1 saturated heterocycles. The summed E-state index contributed by atoms with van der Waals surface area (Å²) in [5, 5.41) is 11.3. The van der Waals surface area contributed by atoms with Crippen LogP contribution in [0.3, 0.4) is 0 Å². The third-order valence-electron chi connectivity index (χ3n) is 4.01. The molecule has 1 N–H and O–H groups in total. The Morgan fingerprint density at radius 2 is 1.79 bits per heavy atom. The molecule has 9 heteroatoms. The number of amides is 1. The van der Waals surface area contributed by atoms with E-state index in [0.717, 1.165) is 39.1 Å². The van der Waals surface area contributed by atoms with Crippen molar-refractivity contribution in [2.24, 2.45) is 0 Å². The van der Waals surface area contributed by atoms with E-state index in [4.69, 9.17) is 12.2 Å². The molecule has 0 aliphatic carbocycles. The lowest BCUT2D eigenvalue weighted by atomic mass is 10.1. The van der Waals surface area contributed by atoms with Crippen molar-refractivity contribution in [3.63, 3.8) is 0 Å². The Morgan fingerprint density at radius 1 is 1.17 bits per heavy atom. The molecular weight excluding hydrogens is 326 g/mol. The van der Waals surface area contributed by atoms with Gasteiger partial charge in [-0.05, 0) is 49.8 Å². The number of nitrogens with zero attached hydrogens (tertiary/aromatic N) is 6. The lowest BCUT2D eigenvalue weighted by Crippen LogP contribution is -2.49. The molecule has 0 radical (unpaired) electrons. The van der Waals surface area contributed by atoms with Crippen molar-refractivity contribution in [2.45, 2.75) is 46.3 Å². The first-order valence-corrected chi connectivity index (χ1v) is 8.97. The van der Waals surface area contributed by atoms with Crippen LogP contribution in [0.2, 0.25) is 0 Å². The topological polar surface area (TPSA) is 71.2 Å². The average Bonchev–Trinajstić information content (AvgIpc) is 2.88. The number of piperazine rings is 1. The van der Waals surface area contributed by atoms with Gasteiger partial charge >= 0.3 is 0 Å². The average molecular weight is 356 g/mol. The molecule has 0 unspecified atom stereocenters.